The number of benzene rings is 1. The van der Waals surface area contributed by atoms with Crippen molar-refractivity contribution in [3.05, 3.63) is 29.3 Å². The molecule has 0 aliphatic heterocycles. The summed E-state index contributed by atoms with van der Waals surface area (Å²) in [4.78, 5) is 0. The van der Waals surface area contributed by atoms with Crippen LogP contribution in [-0.2, 0) is 0 Å². The normalized spacial score (nSPS) is 13.5. The van der Waals surface area contributed by atoms with Crippen molar-refractivity contribution in [2.75, 3.05) is 13.7 Å². The fourth-order valence-corrected chi connectivity index (χ4v) is 2.00. The van der Waals surface area contributed by atoms with Gasteiger partial charge in [0.05, 0.1) is 7.11 Å². The number of hydrogen-bond acceptors (Lipinski definition) is 2. The third kappa shape index (κ3) is 3.19. The van der Waals surface area contributed by atoms with E-state index in [0.29, 0.717) is 6.54 Å². The van der Waals surface area contributed by atoms with Crippen molar-refractivity contribution < 1.29 is 13.5 Å². The van der Waals surface area contributed by atoms with Crippen molar-refractivity contribution in [1.82, 2.24) is 5.32 Å². The molecule has 102 valence electrons. The molecule has 18 heavy (non-hydrogen) atoms. The number of rotatable bonds is 4. The van der Waals surface area contributed by atoms with Crippen LogP contribution >= 0.6 is 0 Å². The summed E-state index contributed by atoms with van der Waals surface area (Å²) in [5, 5.41) is 3.14. The van der Waals surface area contributed by atoms with E-state index < -0.39 is 11.6 Å². The molecule has 0 fully saturated rings. The molecule has 1 N–H and O–H groups in total. The fraction of sp³-hybridized carbons (Fsp3) is 0.571. The first-order valence-corrected chi connectivity index (χ1v) is 6.07. The first kappa shape index (κ1) is 14.9. The smallest absolute Gasteiger partial charge is 0.134 e. The Bertz CT molecular complexity index is 390. The Labute approximate surface area is 107 Å². The molecule has 1 aromatic carbocycles. The van der Waals surface area contributed by atoms with Crippen molar-refractivity contribution >= 4 is 0 Å². The molecule has 0 saturated carbocycles. The predicted molar refractivity (Wildman–Crippen MR) is 68.8 cm³/mol. The second-order valence-electron chi connectivity index (χ2n) is 5.36. The summed E-state index contributed by atoms with van der Waals surface area (Å²) in [6, 6.07) is 2.05. The van der Waals surface area contributed by atoms with E-state index in [1.165, 1.54) is 19.2 Å². The van der Waals surface area contributed by atoms with Gasteiger partial charge in [-0.15, -0.1) is 0 Å². The van der Waals surface area contributed by atoms with Crippen molar-refractivity contribution in [2.45, 2.75) is 33.7 Å². The molecule has 0 amide bonds. The van der Waals surface area contributed by atoms with Crippen LogP contribution in [0.2, 0.25) is 0 Å². The number of ether oxygens (including phenoxy) is 1. The predicted octanol–water partition coefficient (Wildman–Crippen LogP) is 3.67. The van der Waals surface area contributed by atoms with Crippen LogP contribution in [0.4, 0.5) is 8.78 Å². The highest BCUT2D eigenvalue weighted by Crippen LogP contribution is 2.36. The second-order valence-corrected chi connectivity index (χ2v) is 5.36. The minimum atomic E-state index is -0.576. The molecule has 1 atom stereocenters. The summed E-state index contributed by atoms with van der Waals surface area (Å²) in [6.07, 6.45) is 0. The van der Waals surface area contributed by atoms with Crippen LogP contribution in [0.5, 0.6) is 5.75 Å². The van der Waals surface area contributed by atoms with Gasteiger partial charge in [-0.2, -0.15) is 0 Å². The molecule has 1 unspecified atom stereocenters. The molecule has 0 aliphatic carbocycles. The first-order valence-electron chi connectivity index (χ1n) is 6.07. The van der Waals surface area contributed by atoms with Crippen molar-refractivity contribution in [3.8, 4) is 5.75 Å². The highest BCUT2D eigenvalue weighted by molar-refractivity contribution is 5.33. The van der Waals surface area contributed by atoms with E-state index in [9.17, 15) is 8.78 Å². The largest absolute Gasteiger partial charge is 0.497 e. The molecule has 0 saturated heterocycles. The van der Waals surface area contributed by atoms with E-state index in [2.05, 4.69) is 5.32 Å². The Morgan fingerprint density at radius 3 is 2.06 bits per heavy atom. The minimum Gasteiger partial charge on any atom is -0.497 e. The second kappa shape index (κ2) is 5.65. The van der Waals surface area contributed by atoms with Crippen molar-refractivity contribution in [1.29, 1.82) is 0 Å². The maximum Gasteiger partial charge on any atom is 0.134 e. The van der Waals surface area contributed by atoms with E-state index in [1.54, 1.807) is 0 Å². The summed E-state index contributed by atoms with van der Waals surface area (Å²) < 4.78 is 32.9. The quantitative estimate of drug-likeness (QED) is 0.888. The SMILES string of the molecule is CCNC(c1c(F)cc(OC)cc1F)C(C)(C)C. The van der Waals surface area contributed by atoms with Crippen LogP contribution in [0.15, 0.2) is 12.1 Å². The molecule has 4 heteroatoms. The lowest BCUT2D eigenvalue weighted by Crippen LogP contribution is -2.33. The summed E-state index contributed by atoms with van der Waals surface area (Å²) in [5.41, 5.74) is -0.211. The third-order valence-corrected chi connectivity index (χ3v) is 2.85. The van der Waals surface area contributed by atoms with Gasteiger partial charge in [-0.25, -0.2) is 8.78 Å². The average Bonchev–Trinajstić information content (AvgIpc) is 2.25. The maximum absolute atomic E-state index is 14.0. The molecule has 0 radical (unpaired) electrons. The van der Waals surface area contributed by atoms with Crippen LogP contribution in [0.3, 0.4) is 0 Å². The van der Waals surface area contributed by atoms with Gasteiger partial charge in [0.1, 0.15) is 17.4 Å². The average molecular weight is 257 g/mol. The standard InChI is InChI=1S/C14H21F2NO/c1-6-17-13(14(2,3)4)12-10(15)7-9(18-5)8-11(12)16/h7-8,13,17H,6H2,1-5H3. The Kier molecular flexibility index (Phi) is 4.68. The van der Waals surface area contributed by atoms with E-state index in [-0.39, 0.29) is 22.8 Å². The molecule has 0 aromatic heterocycles. The summed E-state index contributed by atoms with van der Waals surface area (Å²) in [6.45, 7) is 8.40. The van der Waals surface area contributed by atoms with Crippen molar-refractivity contribution in [3.63, 3.8) is 0 Å². The highest BCUT2D eigenvalue weighted by Gasteiger charge is 2.30. The number of halogens is 2. The van der Waals surface area contributed by atoms with E-state index >= 15 is 0 Å². The van der Waals surface area contributed by atoms with Gasteiger partial charge >= 0.3 is 0 Å². The van der Waals surface area contributed by atoms with Gasteiger partial charge < -0.3 is 10.1 Å². The Hall–Kier alpha value is -1.16. The van der Waals surface area contributed by atoms with Gasteiger partial charge in [-0.05, 0) is 12.0 Å². The lowest BCUT2D eigenvalue weighted by atomic mass is 9.82. The van der Waals surface area contributed by atoms with Crippen molar-refractivity contribution in [2.24, 2.45) is 5.41 Å². The van der Waals surface area contributed by atoms with Gasteiger partial charge in [-0.1, -0.05) is 27.7 Å². The zero-order chi connectivity index (χ0) is 13.9. The number of hydrogen-bond donors (Lipinski definition) is 1. The minimum absolute atomic E-state index is 0.0742. The fourth-order valence-electron chi connectivity index (χ4n) is 2.00. The van der Waals surface area contributed by atoms with Gasteiger partial charge in [0.25, 0.3) is 0 Å². The van der Waals surface area contributed by atoms with Gasteiger partial charge in [0.15, 0.2) is 0 Å². The van der Waals surface area contributed by atoms with Crippen LogP contribution in [0, 0.1) is 17.0 Å². The molecule has 2 nitrogen and oxygen atoms in total. The molecule has 0 aliphatic rings. The summed E-state index contributed by atoms with van der Waals surface area (Å²) >= 11 is 0. The van der Waals surface area contributed by atoms with E-state index in [0.717, 1.165) is 0 Å². The van der Waals surface area contributed by atoms with E-state index in [1.807, 2.05) is 27.7 Å². The monoisotopic (exact) mass is 257 g/mol. The Balaban J connectivity index is 3.28. The summed E-state index contributed by atoms with van der Waals surface area (Å²) in [7, 11) is 1.39. The topological polar surface area (TPSA) is 21.3 Å². The molecule has 1 rings (SSSR count). The number of nitrogens with one attached hydrogen (secondary N) is 1. The highest BCUT2D eigenvalue weighted by atomic mass is 19.1. The third-order valence-electron chi connectivity index (χ3n) is 2.85. The maximum atomic E-state index is 14.0. The molecular weight excluding hydrogens is 236 g/mol. The zero-order valence-corrected chi connectivity index (χ0v) is 11.6. The van der Waals surface area contributed by atoms with Gasteiger partial charge in [-0.3, -0.25) is 0 Å². The van der Waals surface area contributed by atoms with Crippen LogP contribution < -0.4 is 10.1 Å². The van der Waals surface area contributed by atoms with Crippen LogP contribution in [0.25, 0.3) is 0 Å². The summed E-state index contributed by atoms with van der Waals surface area (Å²) in [5.74, 6) is -0.960. The van der Waals surface area contributed by atoms with E-state index in [4.69, 9.17) is 4.74 Å². The Morgan fingerprint density at radius 2 is 1.72 bits per heavy atom. The molecule has 0 heterocycles. The number of methoxy groups -OCH3 is 1. The lowest BCUT2D eigenvalue weighted by Gasteiger charge is -2.32. The first-order chi connectivity index (χ1) is 8.31. The molecule has 0 spiro atoms. The zero-order valence-electron chi connectivity index (χ0n) is 11.6. The molecular formula is C14H21F2NO. The molecule has 0 bridgehead atoms. The Morgan fingerprint density at radius 1 is 1.22 bits per heavy atom. The van der Waals surface area contributed by atoms with Crippen LogP contribution in [-0.4, -0.2) is 13.7 Å². The lowest BCUT2D eigenvalue weighted by molar-refractivity contribution is 0.262. The van der Waals surface area contributed by atoms with Crippen LogP contribution in [0.1, 0.15) is 39.3 Å². The van der Waals surface area contributed by atoms with Gasteiger partial charge in [0.2, 0.25) is 0 Å². The molecule has 1 aromatic rings. The van der Waals surface area contributed by atoms with Gasteiger partial charge in [0, 0.05) is 23.7 Å².